The van der Waals surface area contributed by atoms with Crippen LogP contribution in [-0.4, -0.2) is 48.6 Å². The van der Waals surface area contributed by atoms with E-state index in [4.69, 9.17) is 14.9 Å². The van der Waals surface area contributed by atoms with Crippen molar-refractivity contribution in [1.29, 1.82) is 5.41 Å². The first-order chi connectivity index (χ1) is 19.2. The normalized spacial score (nSPS) is 10.8. The Morgan fingerprint density at radius 3 is 2.27 bits per heavy atom. The molecule has 0 aliphatic rings. The van der Waals surface area contributed by atoms with Crippen molar-refractivity contribution in [3.8, 4) is 11.8 Å². The third-order valence-electron chi connectivity index (χ3n) is 5.84. The van der Waals surface area contributed by atoms with Gasteiger partial charge in [0.25, 0.3) is 0 Å². The maximum Gasteiger partial charge on any atom is 0.413 e. The minimum atomic E-state index is -0.670. The monoisotopic (exact) mass is 562 g/mol. The number of carbonyl (C=O) groups is 3. The minimum Gasteiger partial charge on any atom is -0.466 e. The van der Waals surface area contributed by atoms with Crippen LogP contribution in [0.5, 0.6) is 0 Å². The van der Waals surface area contributed by atoms with E-state index >= 15 is 0 Å². The molecule has 2 aromatic rings. The molecule has 0 unspecified atom stereocenters. The van der Waals surface area contributed by atoms with Gasteiger partial charge in [0.1, 0.15) is 11.4 Å². The molecule has 2 aromatic carbocycles. The van der Waals surface area contributed by atoms with Gasteiger partial charge >= 0.3 is 12.1 Å². The molecule has 9 nitrogen and oxygen atoms in total. The van der Waals surface area contributed by atoms with Crippen LogP contribution >= 0.6 is 0 Å². The van der Waals surface area contributed by atoms with Crippen molar-refractivity contribution in [3.05, 3.63) is 58.7 Å². The molecule has 0 aliphatic heterocycles. The van der Waals surface area contributed by atoms with Gasteiger partial charge in [-0.25, -0.2) is 4.79 Å². The molecule has 2 amide bonds. The number of benzene rings is 2. The number of nitrogens with zero attached hydrogens (tertiary/aromatic N) is 1. The van der Waals surface area contributed by atoms with Crippen LogP contribution in [0.3, 0.4) is 0 Å². The average Bonchev–Trinajstić information content (AvgIpc) is 2.87. The summed E-state index contributed by atoms with van der Waals surface area (Å²) in [7, 11) is 0. The Bertz CT molecular complexity index is 1310. The highest BCUT2D eigenvalue weighted by molar-refractivity contribution is 6.04. The molecule has 0 radical (unpaired) electrons. The molecule has 0 atom stereocenters. The number of aryl methyl sites for hydroxylation is 2. The number of hydrogen-bond acceptors (Lipinski definition) is 7. The van der Waals surface area contributed by atoms with E-state index in [0.717, 1.165) is 28.1 Å². The highest BCUT2D eigenvalue weighted by Gasteiger charge is 2.22. The number of carbonyl (C=O) groups excluding carboxylic acids is 3. The number of anilines is 2. The number of amides is 2. The molecule has 0 saturated carbocycles. The van der Waals surface area contributed by atoms with Crippen LogP contribution in [-0.2, 0) is 19.1 Å². The molecular formula is C32H42N4O5. The van der Waals surface area contributed by atoms with E-state index in [9.17, 15) is 14.4 Å². The lowest BCUT2D eigenvalue weighted by Gasteiger charge is -2.29. The van der Waals surface area contributed by atoms with Gasteiger partial charge in [-0.2, -0.15) is 0 Å². The maximum absolute atomic E-state index is 13.0. The minimum absolute atomic E-state index is 0.0448. The molecule has 0 bridgehead atoms. The van der Waals surface area contributed by atoms with E-state index in [1.165, 1.54) is 0 Å². The summed E-state index contributed by atoms with van der Waals surface area (Å²) >= 11 is 0. The van der Waals surface area contributed by atoms with Crippen LogP contribution in [0.15, 0.2) is 36.4 Å². The quantitative estimate of drug-likeness (QED) is 0.156. The molecule has 2 rings (SSSR count). The Balaban J connectivity index is 2.03. The highest BCUT2D eigenvalue weighted by atomic mass is 16.6. The summed E-state index contributed by atoms with van der Waals surface area (Å²) in [5.74, 6) is 5.79. The second-order valence-electron chi connectivity index (χ2n) is 10.9. The molecule has 9 heteroatoms. The summed E-state index contributed by atoms with van der Waals surface area (Å²) in [6.07, 6.45) is -0.528. The van der Waals surface area contributed by atoms with Crippen LogP contribution in [0.2, 0.25) is 0 Å². The Kier molecular flexibility index (Phi) is 11.9. The zero-order valence-corrected chi connectivity index (χ0v) is 25.4. The van der Waals surface area contributed by atoms with Crippen molar-refractivity contribution < 1.29 is 23.9 Å². The third-order valence-corrected chi connectivity index (χ3v) is 5.84. The largest absolute Gasteiger partial charge is 0.466 e. The summed E-state index contributed by atoms with van der Waals surface area (Å²) in [4.78, 5) is 38.3. The number of ether oxygens (including phenoxy) is 2. The molecular weight excluding hydrogens is 520 g/mol. The number of amidine groups is 1. The predicted molar refractivity (Wildman–Crippen MR) is 162 cm³/mol. The van der Waals surface area contributed by atoms with E-state index in [0.29, 0.717) is 18.7 Å². The number of hydrogen-bond donors (Lipinski definition) is 3. The van der Waals surface area contributed by atoms with Gasteiger partial charge in [0.05, 0.1) is 19.6 Å². The second kappa shape index (κ2) is 14.9. The number of esters is 1. The first kappa shape index (κ1) is 32.9. The topological polar surface area (TPSA) is 121 Å². The van der Waals surface area contributed by atoms with Crippen LogP contribution in [0.4, 0.5) is 16.2 Å². The first-order valence-corrected chi connectivity index (χ1v) is 13.7. The lowest BCUT2D eigenvalue weighted by molar-refractivity contribution is -0.144. The van der Waals surface area contributed by atoms with Crippen molar-refractivity contribution in [2.24, 2.45) is 0 Å². The van der Waals surface area contributed by atoms with Gasteiger partial charge in [-0.3, -0.25) is 20.3 Å². The van der Waals surface area contributed by atoms with Crippen LogP contribution in [0.1, 0.15) is 76.6 Å². The van der Waals surface area contributed by atoms with Gasteiger partial charge < -0.3 is 19.7 Å². The zero-order chi connectivity index (χ0) is 30.7. The van der Waals surface area contributed by atoms with Gasteiger partial charge in [-0.15, -0.1) is 0 Å². The SMILES string of the molecule is CCOC(=O)CCC(=O)N(c1cc(C)c(C#CCNc2ccc(C(=N)NC(=O)OC(C)(C)C)cc2)cc1C)C(C)C. The van der Waals surface area contributed by atoms with Crippen molar-refractivity contribution in [3.63, 3.8) is 0 Å². The fourth-order valence-corrected chi connectivity index (χ4v) is 3.98. The van der Waals surface area contributed by atoms with Gasteiger partial charge in [0.2, 0.25) is 5.91 Å². The smallest absolute Gasteiger partial charge is 0.413 e. The van der Waals surface area contributed by atoms with E-state index in [-0.39, 0.29) is 36.6 Å². The molecule has 0 fully saturated rings. The molecule has 0 heterocycles. The molecule has 220 valence electrons. The van der Waals surface area contributed by atoms with Gasteiger partial charge in [-0.05, 0) is 103 Å². The maximum atomic E-state index is 13.0. The van der Waals surface area contributed by atoms with Crippen LogP contribution in [0.25, 0.3) is 0 Å². The Morgan fingerprint density at radius 2 is 1.68 bits per heavy atom. The number of rotatable bonds is 9. The molecule has 41 heavy (non-hydrogen) atoms. The second-order valence-corrected chi connectivity index (χ2v) is 10.9. The van der Waals surface area contributed by atoms with Crippen molar-refractivity contribution in [2.75, 3.05) is 23.4 Å². The van der Waals surface area contributed by atoms with E-state index in [1.807, 2.05) is 52.0 Å². The fourth-order valence-electron chi connectivity index (χ4n) is 3.98. The summed E-state index contributed by atoms with van der Waals surface area (Å²) in [6, 6.07) is 11.0. The number of nitrogens with one attached hydrogen (secondary N) is 3. The first-order valence-electron chi connectivity index (χ1n) is 13.7. The molecule has 0 aromatic heterocycles. The summed E-state index contributed by atoms with van der Waals surface area (Å²) < 4.78 is 10.1. The molecule has 0 saturated heterocycles. The predicted octanol–water partition coefficient (Wildman–Crippen LogP) is 5.70. The standard InChI is InChI=1S/C32H42N4O5/c1-9-40-29(38)17-16-28(37)36(21(2)3)27-20-22(4)25(19-23(27)5)11-10-18-34-26-14-12-24(13-15-26)30(33)35-31(39)41-32(6,7)8/h12-15,19-21,34H,9,16-18H2,1-8H3,(H2,33,35,39). The van der Waals surface area contributed by atoms with E-state index in [1.54, 1.807) is 44.7 Å². The van der Waals surface area contributed by atoms with Crippen LogP contribution in [0, 0.1) is 31.1 Å². The van der Waals surface area contributed by atoms with Crippen molar-refractivity contribution in [2.45, 2.75) is 79.9 Å². The highest BCUT2D eigenvalue weighted by Crippen LogP contribution is 2.27. The lowest BCUT2D eigenvalue weighted by atomic mass is 10.0. The van der Waals surface area contributed by atoms with Crippen LogP contribution < -0.4 is 15.5 Å². The van der Waals surface area contributed by atoms with Gasteiger partial charge in [-0.1, -0.05) is 11.8 Å². The molecule has 0 aliphatic carbocycles. The lowest BCUT2D eigenvalue weighted by Crippen LogP contribution is -2.37. The Hall–Kier alpha value is -4.32. The van der Waals surface area contributed by atoms with Gasteiger partial charge in [0.15, 0.2) is 0 Å². The van der Waals surface area contributed by atoms with Crippen molar-refractivity contribution >= 4 is 35.2 Å². The molecule has 3 N–H and O–H groups in total. The summed E-state index contributed by atoms with van der Waals surface area (Å²) in [5.41, 5.74) is 4.28. The zero-order valence-electron chi connectivity index (χ0n) is 25.4. The Morgan fingerprint density at radius 1 is 1.02 bits per heavy atom. The van der Waals surface area contributed by atoms with E-state index < -0.39 is 11.7 Å². The molecule has 0 spiro atoms. The summed E-state index contributed by atoms with van der Waals surface area (Å²) in [6.45, 7) is 15.5. The van der Waals surface area contributed by atoms with Crippen molar-refractivity contribution in [1.82, 2.24) is 5.32 Å². The Labute approximate surface area is 243 Å². The fraction of sp³-hybridized carbons (Fsp3) is 0.438. The summed E-state index contributed by atoms with van der Waals surface area (Å²) in [5, 5.41) is 13.7. The average molecular weight is 563 g/mol. The van der Waals surface area contributed by atoms with E-state index in [2.05, 4.69) is 22.5 Å². The number of alkyl carbamates (subject to hydrolysis) is 1. The van der Waals surface area contributed by atoms with Gasteiger partial charge in [0, 0.05) is 35.0 Å². The third kappa shape index (κ3) is 10.6.